The van der Waals surface area contributed by atoms with Gasteiger partial charge < -0.3 is 5.32 Å². The van der Waals surface area contributed by atoms with E-state index in [1.54, 1.807) is 23.2 Å². The van der Waals surface area contributed by atoms with Gasteiger partial charge in [0.25, 0.3) is 5.95 Å². The standard InChI is InChI=1S/C18H17N5O/c1-13-10-14(2)23(22-13)18-19-11-16(12-20-18)21-17(24)9-8-15-6-4-3-5-7-15/h3-12H,1-2H3,(H,21,24). The van der Waals surface area contributed by atoms with Gasteiger partial charge in [-0.1, -0.05) is 30.3 Å². The third-order valence-corrected chi connectivity index (χ3v) is 3.33. The first kappa shape index (κ1) is 15.6. The maximum Gasteiger partial charge on any atom is 0.250 e. The molecule has 0 saturated carbocycles. The third kappa shape index (κ3) is 3.73. The lowest BCUT2D eigenvalue weighted by Gasteiger charge is -2.04. The number of benzene rings is 1. The average molecular weight is 319 g/mol. The summed E-state index contributed by atoms with van der Waals surface area (Å²) < 4.78 is 1.66. The first-order chi connectivity index (χ1) is 11.6. The third-order valence-electron chi connectivity index (χ3n) is 3.33. The summed E-state index contributed by atoms with van der Waals surface area (Å²) in [6.45, 7) is 3.85. The van der Waals surface area contributed by atoms with E-state index >= 15 is 0 Å². The van der Waals surface area contributed by atoms with E-state index < -0.39 is 0 Å². The zero-order chi connectivity index (χ0) is 16.9. The van der Waals surface area contributed by atoms with Crippen molar-refractivity contribution in [3.8, 4) is 5.95 Å². The van der Waals surface area contributed by atoms with Gasteiger partial charge in [-0.05, 0) is 31.6 Å². The van der Waals surface area contributed by atoms with Crippen LogP contribution >= 0.6 is 0 Å². The molecule has 0 fully saturated rings. The van der Waals surface area contributed by atoms with E-state index in [2.05, 4.69) is 20.4 Å². The van der Waals surface area contributed by atoms with Crippen molar-refractivity contribution in [3.63, 3.8) is 0 Å². The number of anilines is 1. The Kier molecular flexibility index (Phi) is 4.47. The summed E-state index contributed by atoms with van der Waals surface area (Å²) in [6, 6.07) is 11.6. The van der Waals surface area contributed by atoms with Crippen LogP contribution in [0, 0.1) is 13.8 Å². The zero-order valence-electron chi connectivity index (χ0n) is 13.5. The molecule has 6 heteroatoms. The molecule has 0 saturated heterocycles. The van der Waals surface area contributed by atoms with Crippen LogP contribution in [0.3, 0.4) is 0 Å². The molecule has 0 spiro atoms. The van der Waals surface area contributed by atoms with E-state index in [0.29, 0.717) is 11.6 Å². The van der Waals surface area contributed by atoms with Crippen LogP contribution in [-0.2, 0) is 4.79 Å². The van der Waals surface area contributed by atoms with Gasteiger partial charge in [0.1, 0.15) is 0 Å². The van der Waals surface area contributed by atoms with Crippen LogP contribution in [0.4, 0.5) is 5.69 Å². The summed E-state index contributed by atoms with van der Waals surface area (Å²) >= 11 is 0. The Labute approximate surface area is 139 Å². The van der Waals surface area contributed by atoms with E-state index in [4.69, 9.17) is 0 Å². The number of hydrogen-bond donors (Lipinski definition) is 1. The van der Waals surface area contributed by atoms with Gasteiger partial charge in [0.05, 0.1) is 23.8 Å². The number of rotatable bonds is 4. The molecule has 6 nitrogen and oxygen atoms in total. The van der Waals surface area contributed by atoms with Crippen molar-refractivity contribution < 1.29 is 4.79 Å². The second kappa shape index (κ2) is 6.87. The molecule has 1 aromatic carbocycles. The zero-order valence-corrected chi connectivity index (χ0v) is 13.5. The molecular formula is C18H17N5O. The molecule has 0 radical (unpaired) electrons. The maximum absolute atomic E-state index is 11.9. The monoisotopic (exact) mass is 319 g/mol. The van der Waals surface area contributed by atoms with E-state index in [0.717, 1.165) is 17.0 Å². The van der Waals surface area contributed by atoms with Gasteiger partial charge in [0.15, 0.2) is 0 Å². The minimum atomic E-state index is -0.235. The Bertz CT molecular complexity index is 866. The summed E-state index contributed by atoms with van der Waals surface area (Å²) in [5.74, 6) is 0.236. The SMILES string of the molecule is Cc1cc(C)n(-c2ncc(NC(=O)C=Cc3ccccc3)cn2)n1. The van der Waals surface area contributed by atoms with Crippen LogP contribution in [0.15, 0.2) is 54.9 Å². The highest BCUT2D eigenvalue weighted by Crippen LogP contribution is 2.10. The van der Waals surface area contributed by atoms with E-state index in [1.165, 1.54) is 6.08 Å². The minimum Gasteiger partial charge on any atom is -0.320 e. The first-order valence-electron chi connectivity index (χ1n) is 7.51. The fourth-order valence-electron chi connectivity index (χ4n) is 2.25. The number of aryl methyl sites for hydroxylation is 2. The fraction of sp³-hybridized carbons (Fsp3) is 0.111. The maximum atomic E-state index is 11.9. The van der Waals surface area contributed by atoms with Crippen LogP contribution in [0.1, 0.15) is 17.0 Å². The summed E-state index contributed by atoms with van der Waals surface area (Å²) in [5.41, 5.74) is 3.35. The molecule has 2 aromatic heterocycles. The van der Waals surface area contributed by atoms with Crippen LogP contribution in [0.5, 0.6) is 0 Å². The largest absolute Gasteiger partial charge is 0.320 e. The number of aromatic nitrogens is 4. The second-order valence-electron chi connectivity index (χ2n) is 5.34. The summed E-state index contributed by atoms with van der Waals surface area (Å²) in [7, 11) is 0. The number of nitrogens with one attached hydrogen (secondary N) is 1. The lowest BCUT2D eigenvalue weighted by atomic mass is 10.2. The predicted molar refractivity (Wildman–Crippen MR) is 92.7 cm³/mol. The van der Waals surface area contributed by atoms with E-state index in [-0.39, 0.29) is 5.91 Å². The topological polar surface area (TPSA) is 72.7 Å². The number of carbonyl (C=O) groups is 1. The molecule has 1 N–H and O–H groups in total. The van der Waals surface area contributed by atoms with Crippen molar-refractivity contribution in [1.29, 1.82) is 0 Å². The van der Waals surface area contributed by atoms with Crippen LogP contribution in [-0.4, -0.2) is 25.7 Å². The summed E-state index contributed by atoms with van der Waals surface area (Å²) in [4.78, 5) is 20.4. The smallest absolute Gasteiger partial charge is 0.250 e. The molecule has 0 unspecified atom stereocenters. The highest BCUT2D eigenvalue weighted by atomic mass is 16.1. The van der Waals surface area contributed by atoms with Crippen LogP contribution in [0.25, 0.3) is 12.0 Å². The lowest BCUT2D eigenvalue weighted by Crippen LogP contribution is -2.10. The van der Waals surface area contributed by atoms with Gasteiger partial charge in [0, 0.05) is 11.8 Å². The van der Waals surface area contributed by atoms with Crippen LogP contribution in [0.2, 0.25) is 0 Å². The quantitative estimate of drug-likeness (QED) is 0.750. The molecule has 0 atom stereocenters. The first-order valence-corrected chi connectivity index (χ1v) is 7.51. The van der Waals surface area contributed by atoms with Gasteiger partial charge in [-0.15, -0.1) is 0 Å². The summed E-state index contributed by atoms with van der Waals surface area (Å²) in [5, 5.41) is 7.06. The molecular weight excluding hydrogens is 302 g/mol. The van der Waals surface area contributed by atoms with Gasteiger partial charge in [-0.2, -0.15) is 5.10 Å². The van der Waals surface area contributed by atoms with Gasteiger partial charge in [0.2, 0.25) is 5.91 Å². The van der Waals surface area contributed by atoms with Crippen molar-refractivity contribution in [2.75, 3.05) is 5.32 Å². The molecule has 120 valence electrons. The number of amides is 1. The van der Waals surface area contributed by atoms with E-state index in [9.17, 15) is 4.79 Å². The average Bonchev–Trinajstić information content (AvgIpc) is 2.93. The van der Waals surface area contributed by atoms with Crippen molar-refractivity contribution in [2.24, 2.45) is 0 Å². The molecule has 3 rings (SSSR count). The van der Waals surface area contributed by atoms with Crippen molar-refractivity contribution in [3.05, 3.63) is 71.8 Å². The van der Waals surface area contributed by atoms with E-state index in [1.807, 2.05) is 50.2 Å². The molecule has 0 aliphatic heterocycles. The second-order valence-corrected chi connectivity index (χ2v) is 5.34. The predicted octanol–water partition coefficient (Wildman–Crippen LogP) is 2.93. The Morgan fingerprint density at radius 3 is 2.46 bits per heavy atom. The van der Waals surface area contributed by atoms with Crippen molar-refractivity contribution >= 4 is 17.7 Å². The highest BCUT2D eigenvalue weighted by molar-refractivity contribution is 6.01. The molecule has 24 heavy (non-hydrogen) atoms. The number of carbonyl (C=O) groups excluding carboxylic acids is 1. The van der Waals surface area contributed by atoms with Crippen molar-refractivity contribution in [2.45, 2.75) is 13.8 Å². The molecule has 0 bridgehead atoms. The Balaban J connectivity index is 1.67. The van der Waals surface area contributed by atoms with Gasteiger partial charge >= 0.3 is 0 Å². The summed E-state index contributed by atoms with van der Waals surface area (Å²) in [6.07, 6.45) is 6.35. The molecule has 0 aliphatic rings. The number of nitrogens with zero attached hydrogens (tertiary/aromatic N) is 4. The molecule has 1 amide bonds. The fourth-order valence-corrected chi connectivity index (χ4v) is 2.25. The Morgan fingerprint density at radius 2 is 1.83 bits per heavy atom. The highest BCUT2D eigenvalue weighted by Gasteiger charge is 2.07. The lowest BCUT2D eigenvalue weighted by molar-refractivity contribution is -0.111. The molecule has 3 aromatic rings. The van der Waals surface area contributed by atoms with Gasteiger partial charge in [-0.3, -0.25) is 4.79 Å². The Morgan fingerprint density at radius 1 is 1.12 bits per heavy atom. The Hall–Kier alpha value is -3.28. The molecule has 0 aliphatic carbocycles. The van der Waals surface area contributed by atoms with Gasteiger partial charge in [-0.25, -0.2) is 14.6 Å². The van der Waals surface area contributed by atoms with Crippen molar-refractivity contribution in [1.82, 2.24) is 19.7 Å². The van der Waals surface area contributed by atoms with Crippen LogP contribution < -0.4 is 5.32 Å². The minimum absolute atomic E-state index is 0.235. The normalized spacial score (nSPS) is 10.9. The molecule has 2 heterocycles. The number of hydrogen-bond acceptors (Lipinski definition) is 4.